The highest BCUT2D eigenvalue weighted by molar-refractivity contribution is 6.23. The molecule has 0 saturated carbocycles. The number of ether oxygens (including phenoxy) is 2. The molecule has 0 fully saturated rings. The number of nitrogens with one attached hydrogen (secondary N) is 1. The maximum atomic E-state index is 13.4. The molecule has 1 N–H and O–H groups in total. The highest BCUT2D eigenvalue weighted by Gasteiger charge is 2.42. The average Bonchev–Trinajstić information content (AvgIpc) is 3.14. The number of carbonyl (C=O) groups excluding carboxylic acids is 2. The molecule has 1 aliphatic carbocycles. The summed E-state index contributed by atoms with van der Waals surface area (Å²) in [5, 5.41) is 3.29. The molecule has 0 amide bonds. The summed E-state index contributed by atoms with van der Waals surface area (Å²) in [6.07, 6.45) is 0. The zero-order valence-electron chi connectivity index (χ0n) is 18.4. The standard InChI is InChI=1S/C28H23NO4/c1-17-23(28(31)32-2)24(25-26(29-17)21-10-6-7-11-22(21)27(25)30)19-12-14-20(15-13-19)33-16-18-8-4-3-5-9-18/h3-15,24,29H,16H2,1-2H3/t24-/m1/s1. The number of ketones is 1. The van der Waals surface area contributed by atoms with E-state index in [9.17, 15) is 9.59 Å². The van der Waals surface area contributed by atoms with Crippen molar-refractivity contribution in [2.45, 2.75) is 19.4 Å². The first-order valence-corrected chi connectivity index (χ1v) is 10.8. The van der Waals surface area contributed by atoms with Crippen LogP contribution in [0.15, 0.2) is 95.7 Å². The second-order valence-electron chi connectivity index (χ2n) is 8.09. The molecule has 164 valence electrons. The van der Waals surface area contributed by atoms with Crippen LogP contribution in [-0.4, -0.2) is 18.9 Å². The molecule has 5 nitrogen and oxygen atoms in total. The molecule has 3 aromatic rings. The Hall–Kier alpha value is -4.12. The van der Waals surface area contributed by atoms with E-state index in [4.69, 9.17) is 9.47 Å². The van der Waals surface area contributed by atoms with Crippen LogP contribution in [0.1, 0.15) is 39.9 Å². The quantitative estimate of drug-likeness (QED) is 0.569. The Morgan fingerprint density at radius 3 is 2.27 bits per heavy atom. The molecule has 3 aromatic carbocycles. The van der Waals surface area contributed by atoms with E-state index in [1.165, 1.54) is 7.11 Å². The molecule has 1 heterocycles. The van der Waals surface area contributed by atoms with Crippen molar-refractivity contribution in [2.24, 2.45) is 0 Å². The molecular weight excluding hydrogens is 414 g/mol. The Morgan fingerprint density at radius 1 is 0.909 bits per heavy atom. The van der Waals surface area contributed by atoms with Gasteiger partial charge in [0.1, 0.15) is 12.4 Å². The first-order chi connectivity index (χ1) is 16.1. The van der Waals surface area contributed by atoms with Crippen molar-refractivity contribution in [1.82, 2.24) is 5.32 Å². The maximum absolute atomic E-state index is 13.4. The number of allylic oxidation sites excluding steroid dienone is 2. The summed E-state index contributed by atoms with van der Waals surface area (Å²) >= 11 is 0. The molecule has 0 saturated heterocycles. The highest BCUT2D eigenvalue weighted by atomic mass is 16.5. The minimum absolute atomic E-state index is 0.0728. The molecule has 0 spiro atoms. The lowest BCUT2D eigenvalue weighted by Crippen LogP contribution is -2.29. The van der Waals surface area contributed by atoms with Gasteiger partial charge in [0.25, 0.3) is 0 Å². The van der Waals surface area contributed by atoms with Crippen LogP contribution in [0.5, 0.6) is 5.75 Å². The van der Waals surface area contributed by atoms with Gasteiger partial charge in [-0.25, -0.2) is 4.79 Å². The predicted octanol–water partition coefficient (Wildman–Crippen LogP) is 5.01. The Balaban J connectivity index is 1.51. The number of dihydropyridines is 1. The van der Waals surface area contributed by atoms with Gasteiger partial charge in [-0.2, -0.15) is 0 Å². The SMILES string of the molecule is COC(=O)C1=C(C)NC2=C(C(=O)c3ccccc32)[C@@H]1c1ccc(OCc2ccccc2)cc1. The topological polar surface area (TPSA) is 64.6 Å². The summed E-state index contributed by atoms with van der Waals surface area (Å²) in [5.41, 5.74) is 5.85. The second-order valence-corrected chi connectivity index (χ2v) is 8.09. The number of hydrogen-bond acceptors (Lipinski definition) is 5. The minimum Gasteiger partial charge on any atom is -0.489 e. The van der Waals surface area contributed by atoms with Crippen LogP contribution in [0.2, 0.25) is 0 Å². The normalized spacial score (nSPS) is 16.8. The van der Waals surface area contributed by atoms with Crippen LogP contribution in [-0.2, 0) is 16.1 Å². The molecule has 5 rings (SSSR count). The predicted molar refractivity (Wildman–Crippen MR) is 126 cm³/mol. The van der Waals surface area contributed by atoms with Crippen molar-refractivity contribution in [2.75, 3.05) is 7.11 Å². The van der Waals surface area contributed by atoms with Crippen LogP contribution in [0.3, 0.4) is 0 Å². The van der Waals surface area contributed by atoms with Gasteiger partial charge in [0.2, 0.25) is 0 Å². The fourth-order valence-corrected chi connectivity index (χ4v) is 4.54. The number of esters is 1. The zero-order valence-corrected chi connectivity index (χ0v) is 18.4. The molecule has 0 aromatic heterocycles. The Labute approximate surface area is 192 Å². The molecule has 0 bridgehead atoms. The third kappa shape index (κ3) is 3.61. The van der Waals surface area contributed by atoms with Gasteiger partial charge in [0.05, 0.1) is 18.4 Å². The van der Waals surface area contributed by atoms with Gasteiger partial charge in [-0.3, -0.25) is 4.79 Å². The van der Waals surface area contributed by atoms with Crippen LogP contribution >= 0.6 is 0 Å². The molecule has 1 aliphatic heterocycles. The number of methoxy groups -OCH3 is 1. The van der Waals surface area contributed by atoms with Crippen LogP contribution < -0.4 is 10.1 Å². The maximum Gasteiger partial charge on any atom is 0.336 e. The monoisotopic (exact) mass is 437 g/mol. The molecule has 33 heavy (non-hydrogen) atoms. The van der Waals surface area contributed by atoms with E-state index in [1.54, 1.807) is 0 Å². The van der Waals surface area contributed by atoms with Gasteiger partial charge in [0.15, 0.2) is 5.78 Å². The van der Waals surface area contributed by atoms with Crippen LogP contribution in [0, 0.1) is 0 Å². The van der Waals surface area contributed by atoms with Crippen molar-refractivity contribution in [1.29, 1.82) is 0 Å². The molecule has 5 heteroatoms. The van der Waals surface area contributed by atoms with Gasteiger partial charge >= 0.3 is 5.97 Å². The summed E-state index contributed by atoms with van der Waals surface area (Å²) in [5.74, 6) is -0.343. The lowest BCUT2D eigenvalue weighted by molar-refractivity contribution is -0.136. The third-order valence-electron chi connectivity index (χ3n) is 6.12. The number of fused-ring (bicyclic) bond motifs is 2. The number of rotatable bonds is 5. The fourth-order valence-electron chi connectivity index (χ4n) is 4.54. The molecule has 0 unspecified atom stereocenters. The summed E-state index contributed by atoms with van der Waals surface area (Å²) in [6, 6.07) is 25.0. The number of carbonyl (C=O) groups is 2. The molecule has 1 atom stereocenters. The highest BCUT2D eigenvalue weighted by Crippen LogP contribution is 2.46. The van der Waals surface area contributed by atoms with E-state index in [0.717, 1.165) is 22.4 Å². The van der Waals surface area contributed by atoms with E-state index in [0.29, 0.717) is 34.8 Å². The molecular formula is C28H23NO4. The van der Waals surface area contributed by atoms with Gasteiger partial charge in [0, 0.05) is 28.3 Å². The van der Waals surface area contributed by atoms with E-state index < -0.39 is 11.9 Å². The number of benzene rings is 3. The minimum atomic E-state index is -0.531. The van der Waals surface area contributed by atoms with Crippen LogP contribution in [0.4, 0.5) is 0 Å². The summed E-state index contributed by atoms with van der Waals surface area (Å²) in [4.78, 5) is 26.2. The number of hydrogen-bond donors (Lipinski definition) is 1. The van der Waals surface area contributed by atoms with E-state index in [2.05, 4.69) is 5.32 Å². The summed E-state index contributed by atoms with van der Waals surface area (Å²) in [7, 11) is 1.36. The smallest absolute Gasteiger partial charge is 0.336 e. The largest absolute Gasteiger partial charge is 0.489 e. The van der Waals surface area contributed by atoms with E-state index >= 15 is 0 Å². The third-order valence-corrected chi connectivity index (χ3v) is 6.12. The number of Topliss-reactive ketones (excluding diaryl/α,β-unsaturated/α-hetero) is 1. The lowest BCUT2D eigenvalue weighted by Gasteiger charge is -2.29. The van der Waals surface area contributed by atoms with Gasteiger partial charge in [-0.1, -0.05) is 66.7 Å². The first-order valence-electron chi connectivity index (χ1n) is 10.8. The van der Waals surface area contributed by atoms with Crippen molar-refractivity contribution in [3.05, 3.63) is 118 Å². The Morgan fingerprint density at radius 2 is 1.58 bits per heavy atom. The second kappa shape index (κ2) is 8.43. The lowest BCUT2D eigenvalue weighted by atomic mass is 9.80. The van der Waals surface area contributed by atoms with Gasteiger partial charge in [-0.15, -0.1) is 0 Å². The molecule has 0 radical (unpaired) electrons. The van der Waals surface area contributed by atoms with Crippen molar-refractivity contribution < 1.29 is 19.1 Å². The van der Waals surface area contributed by atoms with Crippen molar-refractivity contribution in [3.63, 3.8) is 0 Å². The zero-order chi connectivity index (χ0) is 22.9. The summed E-state index contributed by atoms with van der Waals surface area (Å²) < 4.78 is 11.0. The van der Waals surface area contributed by atoms with Crippen molar-refractivity contribution >= 4 is 17.4 Å². The van der Waals surface area contributed by atoms with E-state index in [-0.39, 0.29) is 5.78 Å². The summed E-state index contributed by atoms with van der Waals surface area (Å²) in [6.45, 7) is 2.30. The van der Waals surface area contributed by atoms with Crippen molar-refractivity contribution in [3.8, 4) is 5.75 Å². The van der Waals surface area contributed by atoms with E-state index in [1.807, 2.05) is 85.8 Å². The van der Waals surface area contributed by atoms with Gasteiger partial charge < -0.3 is 14.8 Å². The Bertz CT molecular complexity index is 1300. The average molecular weight is 437 g/mol. The first kappa shape index (κ1) is 20.8. The van der Waals surface area contributed by atoms with Gasteiger partial charge in [-0.05, 0) is 30.2 Å². The fraction of sp³-hybridized carbons (Fsp3) is 0.143. The van der Waals surface area contributed by atoms with Crippen LogP contribution in [0.25, 0.3) is 5.70 Å². The Kier molecular flexibility index (Phi) is 5.31. The molecule has 2 aliphatic rings.